The predicted octanol–water partition coefficient (Wildman–Crippen LogP) is 0.600. The standard InChI is InChI=1S/C11H17NO4/c1-7-4-5-9(16-7)6-12-10(8(2)13)11(14)15-3/h4-5,8,10,12-13H,6H2,1-3H3/t8-,10-/m1/s1. The number of ether oxygens (including phenoxy) is 1. The Morgan fingerprint density at radius 3 is 2.75 bits per heavy atom. The van der Waals surface area contributed by atoms with Crippen LogP contribution in [-0.2, 0) is 16.1 Å². The molecule has 0 unspecified atom stereocenters. The van der Waals surface area contributed by atoms with Gasteiger partial charge in [0, 0.05) is 0 Å². The molecule has 0 radical (unpaired) electrons. The molecule has 0 aliphatic carbocycles. The highest BCUT2D eigenvalue weighted by molar-refractivity contribution is 5.76. The van der Waals surface area contributed by atoms with Crippen molar-refractivity contribution < 1.29 is 19.1 Å². The lowest BCUT2D eigenvalue weighted by molar-refractivity contribution is -0.145. The molecule has 0 aromatic carbocycles. The Labute approximate surface area is 94.4 Å². The molecule has 0 aliphatic rings. The Morgan fingerprint density at radius 1 is 1.62 bits per heavy atom. The Bertz CT molecular complexity index is 346. The highest BCUT2D eigenvalue weighted by Gasteiger charge is 2.23. The zero-order chi connectivity index (χ0) is 12.1. The van der Waals surface area contributed by atoms with Crippen LogP contribution < -0.4 is 5.32 Å². The second kappa shape index (κ2) is 5.67. The van der Waals surface area contributed by atoms with Crippen molar-refractivity contribution in [3.8, 4) is 0 Å². The molecule has 0 fully saturated rings. The smallest absolute Gasteiger partial charge is 0.325 e. The lowest BCUT2D eigenvalue weighted by atomic mass is 10.2. The average molecular weight is 227 g/mol. The minimum Gasteiger partial charge on any atom is -0.468 e. The highest BCUT2D eigenvalue weighted by atomic mass is 16.5. The summed E-state index contributed by atoms with van der Waals surface area (Å²) < 4.78 is 9.91. The van der Waals surface area contributed by atoms with Crippen molar-refractivity contribution in [2.75, 3.05) is 7.11 Å². The zero-order valence-corrected chi connectivity index (χ0v) is 9.69. The van der Waals surface area contributed by atoms with E-state index in [4.69, 9.17) is 4.42 Å². The number of aliphatic hydroxyl groups is 1. The second-order valence-electron chi connectivity index (χ2n) is 3.63. The second-order valence-corrected chi connectivity index (χ2v) is 3.63. The number of hydrogen-bond acceptors (Lipinski definition) is 5. The van der Waals surface area contributed by atoms with E-state index in [1.807, 2.05) is 19.1 Å². The summed E-state index contributed by atoms with van der Waals surface area (Å²) in [5, 5.41) is 12.3. The molecule has 0 bridgehead atoms. The number of nitrogens with one attached hydrogen (secondary N) is 1. The topological polar surface area (TPSA) is 71.7 Å². The maximum Gasteiger partial charge on any atom is 0.325 e. The summed E-state index contributed by atoms with van der Waals surface area (Å²) in [5.41, 5.74) is 0. The first-order valence-corrected chi connectivity index (χ1v) is 5.09. The van der Waals surface area contributed by atoms with Gasteiger partial charge in [-0.1, -0.05) is 0 Å². The third-order valence-corrected chi connectivity index (χ3v) is 2.23. The van der Waals surface area contributed by atoms with Crippen LogP contribution in [0.15, 0.2) is 16.5 Å². The van der Waals surface area contributed by atoms with Gasteiger partial charge in [0.2, 0.25) is 0 Å². The van der Waals surface area contributed by atoms with Gasteiger partial charge in [0.05, 0.1) is 19.8 Å². The van der Waals surface area contributed by atoms with Crippen molar-refractivity contribution >= 4 is 5.97 Å². The summed E-state index contributed by atoms with van der Waals surface area (Å²) >= 11 is 0. The molecule has 5 heteroatoms. The Balaban J connectivity index is 2.53. The van der Waals surface area contributed by atoms with Crippen LogP contribution in [0.5, 0.6) is 0 Å². The van der Waals surface area contributed by atoms with Gasteiger partial charge in [0.25, 0.3) is 0 Å². The molecule has 0 aliphatic heterocycles. The van der Waals surface area contributed by atoms with E-state index in [9.17, 15) is 9.90 Å². The fourth-order valence-electron chi connectivity index (χ4n) is 1.37. The van der Waals surface area contributed by atoms with Crippen LogP contribution in [-0.4, -0.2) is 30.3 Å². The van der Waals surface area contributed by atoms with Crippen LogP contribution in [0.2, 0.25) is 0 Å². The first-order chi connectivity index (χ1) is 7.54. The number of aryl methyl sites for hydroxylation is 1. The molecule has 0 saturated carbocycles. The third-order valence-electron chi connectivity index (χ3n) is 2.23. The maximum absolute atomic E-state index is 11.3. The molecule has 0 spiro atoms. The summed E-state index contributed by atoms with van der Waals surface area (Å²) in [5.74, 6) is 1.04. The van der Waals surface area contributed by atoms with Crippen molar-refractivity contribution in [2.45, 2.75) is 32.5 Å². The van der Waals surface area contributed by atoms with Crippen LogP contribution >= 0.6 is 0 Å². The number of aliphatic hydroxyl groups excluding tert-OH is 1. The number of carbonyl (C=O) groups excluding carboxylic acids is 1. The summed E-state index contributed by atoms with van der Waals surface area (Å²) in [6.07, 6.45) is -0.816. The van der Waals surface area contributed by atoms with Gasteiger partial charge in [0.15, 0.2) is 0 Å². The molecule has 1 aromatic heterocycles. The maximum atomic E-state index is 11.3. The SMILES string of the molecule is COC(=O)[C@H](NCc1ccc(C)o1)[C@@H](C)O. The number of methoxy groups -OCH3 is 1. The van der Waals surface area contributed by atoms with Gasteiger partial charge in [-0.15, -0.1) is 0 Å². The van der Waals surface area contributed by atoms with Gasteiger partial charge >= 0.3 is 5.97 Å². The van der Waals surface area contributed by atoms with Gasteiger partial charge in [-0.3, -0.25) is 10.1 Å². The van der Waals surface area contributed by atoms with Crippen LogP contribution in [0, 0.1) is 6.92 Å². The first-order valence-electron chi connectivity index (χ1n) is 5.09. The van der Waals surface area contributed by atoms with Crippen molar-refractivity contribution in [1.82, 2.24) is 5.32 Å². The molecule has 2 atom stereocenters. The van der Waals surface area contributed by atoms with E-state index in [1.54, 1.807) is 0 Å². The van der Waals surface area contributed by atoms with E-state index >= 15 is 0 Å². The minimum atomic E-state index is -0.816. The highest BCUT2D eigenvalue weighted by Crippen LogP contribution is 2.06. The number of hydrogen-bond donors (Lipinski definition) is 2. The van der Waals surface area contributed by atoms with Gasteiger partial charge < -0.3 is 14.3 Å². The molecule has 2 N–H and O–H groups in total. The fraction of sp³-hybridized carbons (Fsp3) is 0.545. The average Bonchev–Trinajstić information content (AvgIpc) is 2.63. The molecule has 0 amide bonds. The number of furan rings is 1. The molecule has 1 heterocycles. The van der Waals surface area contributed by atoms with Crippen molar-refractivity contribution in [2.24, 2.45) is 0 Å². The van der Waals surface area contributed by atoms with Gasteiger partial charge in [-0.25, -0.2) is 0 Å². The Morgan fingerprint density at radius 2 is 2.31 bits per heavy atom. The number of rotatable bonds is 5. The van der Waals surface area contributed by atoms with Crippen molar-refractivity contribution in [3.05, 3.63) is 23.7 Å². The molecule has 5 nitrogen and oxygen atoms in total. The summed E-state index contributed by atoms with van der Waals surface area (Å²) in [6, 6.07) is 2.92. The van der Waals surface area contributed by atoms with E-state index in [0.29, 0.717) is 12.3 Å². The Kier molecular flexibility index (Phi) is 4.52. The van der Waals surface area contributed by atoms with Crippen molar-refractivity contribution in [3.63, 3.8) is 0 Å². The van der Waals surface area contributed by atoms with Gasteiger partial charge in [-0.05, 0) is 26.0 Å². The molecular weight excluding hydrogens is 210 g/mol. The molecule has 1 rings (SSSR count). The first kappa shape index (κ1) is 12.7. The van der Waals surface area contributed by atoms with E-state index in [1.165, 1.54) is 14.0 Å². The summed E-state index contributed by atoms with van der Waals surface area (Å²) in [6.45, 7) is 3.75. The van der Waals surface area contributed by atoms with Crippen LogP contribution in [0.25, 0.3) is 0 Å². The monoisotopic (exact) mass is 227 g/mol. The van der Waals surface area contributed by atoms with Crippen LogP contribution in [0.3, 0.4) is 0 Å². The van der Waals surface area contributed by atoms with E-state index < -0.39 is 18.1 Å². The van der Waals surface area contributed by atoms with E-state index in [-0.39, 0.29) is 0 Å². The fourth-order valence-corrected chi connectivity index (χ4v) is 1.37. The molecular formula is C11H17NO4. The van der Waals surface area contributed by atoms with E-state index in [0.717, 1.165) is 5.76 Å². The lowest BCUT2D eigenvalue weighted by Crippen LogP contribution is -2.45. The molecule has 0 saturated heterocycles. The van der Waals surface area contributed by atoms with Crippen LogP contribution in [0.1, 0.15) is 18.4 Å². The van der Waals surface area contributed by atoms with Gasteiger partial charge in [-0.2, -0.15) is 0 Å². The Hall–Kier alpha value is -1.33. The zero-order valence-electron chi connectivity index (χ0n) is 9.69. The van der Waals surface area contributed by atoms with Crippen LogP contribution in [0.4, 0.5) is 0 Å². The summed E-state index contributed by atoms with van der Waals surface area (Å²) in [7, 11) is 1.29. The summed E-state index contributed by atoms with van der Waals surface area (Å²) in [4.78, 5) is 11.3. The van der Waals surface area contributed by atoms with Gasteiger partial charge in [0.1, 0.15) is 17.6 Å². The third kappa shape index (κ3) is 3.36. The predicted molar refractivity (Wildman–Crippen MR) is 57.8 cm³/mol. The number of esters is 1. The lowest BCUT2D eigenvalue weighted by Gasteiger charge is -2.18. The molecule has 1 aromatic rings. The van der Waals surface area contributed by atoms with Crippen molar-refractivity contribution in [1.29, 1.82) is 0 Å². The normalized spacial score (nSPS) is 14.5. The largest absolute Gasteiger partial charge is 0.468 e. The molecule has 90 valence electrons. The molecule has 16 heavy (non-hydrogen) atoms. The number of carbonyl (C=O) groups is 1. The van der Waals surface area contributed by atoms with E-state index in [2.05, 4.69) is 10.1 Å². The minimum absolute atomic E-state index is 0.374. The quantitative estimate of drug-likeness (QED) is 0.721.